The second-order valence-electron chi connectivity index (χ2n) is 3.71. The molecule has 2 atom stereocenters. The van der Waals surface area contributed by atoms with Crippen LogP contribution in [0, 0.1) is 12.3 Å². The van der Waals surface area contributed by atoms with Crippen LogP contribution in [-0.2, 0) is 15.3 Å². The van der Waals surface area contributed by atoms with Crippen molar-refractivity contribution in [2.24, 2.45) is 0 Å². The molecule has 2 nitrogen and oxygen atoms in total. The highest BCUT2D eigenvalue weighted by Crippen LogP contribution is 2.10. The van der Waals surface area contributed by atoms with Crippen molar-refractivity contribution in [3.05, 3.63) is 0 Å². The van der Waals surface area contributed by atoms with E-state index in [0.717, 1.165) is 12.8 Å². The molecule has 0 aromatic carbocycles. The summed E-state index contributed by atoms with van der Waals surface area (Å²) in [4.78, 5) is 0. The van der Waals surface area contributed by atoms with Crippen molar-refractivity contribution in [2.45, 2.75) is 58.0 Å². The van der Waals surface area contributed by atoms with Crippen LogP contribution in [0.25, 0.3) is 0 Å². The van der Waals surface area contributed by atoms with Crippen molar-refractivity contribution in [2.75, 3.05) is 6.26 Å². The molecule has 0 saturated carbocycles. The largest absolute Gasteiger partial charge is 0.274 e. The molecule has 88 valence electrons. The summed E-state index contributed by atoms with van der Waals surface area (Å²) in [6, 6.07) is 0. The summed E-state index contributed by atoms with van der Waals surface area (Å²) < 4.78 is 15.8. The standard InChI is InChI=1S/C12H22O2S/c1-4-6-7-8-9-10-11-12(5-2)14-15(3)13/h2,12H,4,6-11H2,1,3H3/t12-,15?/m0/s1. The fraction of sp³-hybridized carbons (Fsp3) is 0.833. The third-order valence-electron chi connectivity index (χ3n) is 2.26. The maximum Gasteiger partial charge on any atom is 0.153 e. The maximum absolute atomic E-state index is 10.8. The van der Waals surface area contributed by atoms with E-state index in [-0.39, 0.29) is 6.10 Å². The number of rotatable bonds is 9. The average molecular weight is 230 g/mol. The molecule has 0 aliphatic heterocycles. The molecule has 0 radical (unpaired) electrons. The van der Waals surface area contributed by atoms with Gasteiger partial charge in [-0.1, -0.05) is 44.9 Å². The van der Waals surface area contributed by atoms with Gasteiger partial charge in [0.1, 0.15) is 6.10 Å². The summed E-state index contributed by atoms with van der Waals surface area (Å²) in [5.74, 6) is 2.52. The van der Waals surface area contributed by atoms with Gasteiger partial charge >= 0.3 is 0 Å². The minimum Gasteiger partial charge on any atom is -0.274 e. The summed E-state index contributed by atoms with van der Waals surface area (Å²) in [5, 5.41) is 0. The van der Waals surface area contributed by atoms with Crippen LogP contribution in [0.5, 0.6) is 0 Å². The van der Waals surface area contributed by atoms with Crippen LogP contribution in [0.2, 0.25) is 0 Å². The highest BCUT2D eigenvalue weighted by Gasteiger charge is 2.06. The third-order valence-corrected chi connectivity index (χ3v) is 2.76. The van der Waals surface area contributed by atoms with Gasteiger partial charge < -0.3 is 0 Å². The molecule has 0 fully saturated rings. The van der Waals surface area contributed by atoms with E-state index >= 15 is 0 Å². The Morgan fingerprint density at radius 3 is 2.40 bits per heavy atom. The first-order chi connectivity index (χ1) is 7.20. The first-order valence-corrected chi connectivity index (χ1v) is 7.15. The molecule has 0 rings (SSSR count). The zero-order chi connectivity index (χ0) is 11.5. The Morgan fingerprint density at radius 1 is 1.27 bits per heavy atom. The van der Waals surface area contributed by atoms with Crippen LogP contribution in [0.1, 0.15) is 51.9 Å². The van der Waals surface area contributed by atoms with E-state index < -0.39 is 11.1 Å². The molecule has 0 aliphatic carbocycles. The summed E-state index contributed by atoms with van der Waals surface area (Å²) in [6.45, 7) is 2.21. The molecule has 0 heterocycles. The van der Waals surface area contributed by atoms with E-state index in [1.54, 1.807) is 0 Å². The SMILES string of the molecule is C#C[C@@H](CCCCCCCC)OS(C)=O. The topological polar surface area (TPSA) is 26.3 Å². The van der Waals surface area contributed by atoms with Gasteiger partial charge in [-0.25, -0.2) is 4.21 Å². The van der Waals surface area contributed by atoms with Crippen molar-refractivity contribution in [1.82, 2.24) is 0 Å². The van der Waals surface area contributed by atoms with Crippen LogP contribution >= 0.6 is 0 Å². The summed E-state index contributed by atoms with van der Waals surface area (Å²) in [6.07, 6.45) is 14.7. The first-order valence-electron chi connectivity index (χ1n) is 5.67. The molecule has 3 heteroatoms. The first kappa shape index (κ1) is 14.7. The van der Waals surface area contributed by atoms with Crippen LogP contribution in [0.15, 0.2) is 0 Å². The van der Waals surface area contributed by atoms with Gasteiger partial charge in [0.2, 0.25) is 0 Å². The highest BCUT2D eigenvalue weighted by molar-refractivity contribution is 7.79. The highest BCUT2D eigenvalue weighted by atomic mass is 32.2. The average Bonchev–Trinajstić information content (AvgIpc) is 2.20. The lowest BCUT2D eigenvalue weighted by Crippen LogP contribution is -2.11. The van der Waals surface area contributed by atoms with Crippen molar-refractivity contribution in [3.63, 3.8) is 0 Å². The number of hydrogen-bond donors (Lipinski definition) is 0. The smallest absolute Gasteiger partial charge is 0.153 e. The molecule has 0 amide bonds. The van der Waals surface area contributed by atoms with Gasteiger partial charge in [-0.15, -0.1) is 6.42 Å². The predicted molar refractivity (Wildman–Crippen MR) is 65.8 cm³/mol. The van der Waals surface area contributed by atoms with Crippen LogP contribution in [0.4, 0.5) is 0 Å². The normalized spacial score (nSPS) is 14.5. The predicted octanol–water partition coefficient (Wildman–Crippen LogP) is 3.05. The minimum absolute atomic E-state index is 0.276. The van der Waals surface area contributed by atoms with Gasteiger partial charge in [-0.05, 0) is 12.8 Å². The van der Waals surface area contributed by atoms with Gasteiger partial charge in [0, 0.05) is 6.26 Å². The van der Waals surface area contributed by atoms with Crippen LogP contribution < -0.4 is 0 Å². The minimum atomic E-state index is -1.25. The lowest BCUT2D eigenvalue weighted by atomic mass is 10.1. The quantitative estimate of drug-likeness (QED) is 0.449. The lowest BCUT2D eigenvalue weighted by Gasteiger charge is -2.08. The zero-order valence-corrected chi connectivity index (χ0v) is 10.6. The second-order valence-corrected chi connectivity index (χ2v) is 4.70. The number of unbranched alkanes of at least 4 members (excludes halogenated alkanes) is 5. The van der Waals surface area contributed by atoms with Crippen molar-refractivity contribution in [3.8, 4) is 12.3 Å². The fourth-order valence-corrected chi connectivity index (χ4v) is 1.91. The van der Waals surface area contributed by atoms with Crippen molar-refractivity contribution in [1.29, 1.82) is 0 Å². The number of terminal acetylenes is 1. The van der Waals surface area contributed by atoms with E-state index in [9.17, 15) is 4.21 Å². The van der Waals surface area contributed by atoms with E-state index in [1.807, 2.05) is 0 Å². The Balaban J connectivity index is 3.39. The molecule has 1 unspecified atom stereocenters. The van der Waals surface area contributed by atoms with E-state index in [2.05, 4.69) is 12.8 Å². The molecular weight excluding hydrogens is 208 g/mol. The molecule has 0 aromatic rings. The summed E-state index contributed by atoms with van der Waals surface area (Å²) in [7, 11) is 0. The Labute approximate surface area is 96.4 Å². The Hall–Kier alpha value is -0.330. The molecule has 0 saturated heterocycles. The molecule has 0 aromatic heterocycles. The van der Waals surface area contributed by atoms with E-state index in [4.69, 9.17) is 10.6 Å². The number of hydrogen-bond acceptors (Lipinski definition) is 2. The maximum atomic E-state index is 10.8. The van der Waals surface area contributed by atoms with Gasteiger partial charge in [-0.2, -0.15) is 0 Å². The Bertz CT molecular complexity index is 208. The second kappa shape index (κ2) is 10.2. The van der Waals surface area contributed by atoms with E-state index in [1.165, 1.54) is 38.4 Å². The van der Waals surface area contributed by atoms with Gasteiger partial charge in [0.25, 0.3) is 0 Å². The summed E-state index contributed by atoms with van der Waals surface area (Å²) >= 11 is -1.25. The molecular formula is C12H22O2S. The van der Waals surface area contributed by atoms with Crippen molar-refractivity contribution < 1.29 is 8.39 Å². The molecule has 0 N–H and O–H groups in total. The lowest BCUT2D eigenvalue weighted by molar-refractivity contribution is 0.270. The Morgan fingerprint density at radius 2 is 1.87 bits per heavy atom. The van der Waals surface area contributed by atoms with Gasteiger partial charge in [0.15, 0.2) is 11.1 Å². The van der Waals surface area contributed by atoms with E-state index in [0.29, 0.717) is 0 Å². The zero-order valence-electron chi connectivity index (χ0n) is 9.83. The summed E-state index contributed by atoms with van der Waals surface area (Å²) in [5.41, 5.74) is 0. The monoisotopic (exact) mass is 230 g/mol. The fourth-order valence-electron chi connectivity index (χ4n) is 1.43. The van der Waals surface area contributed by atoms with Crippen molar-refractivity contribution >= 4 is 11.1 Å². The molecule has 0 bridgehead atoms. The molecule has 15 heavy (non-hydrogen) atoms. The molecule has 0 aliphatic rings. The third kappa shape index (κ3) is 9.96. The molecule has 0 spiro atoms. The van der Waals surface area contributed by atoms with Crippen LogP contribution in [0.3, 0.4) is 0 Å². The Kier molecular flexibility index (Phi) is 9.97. The van der Waals surface area contributed by atoms with Gasteiger partial charge in [-0.3, -0.25) is 4.18 Å². The van der Waals surface area contributed by atoms with Crippen LogP contribution in [-0.4, -0.2) is 16.6 Å². The van der Waals surface area contributed by atoms with Gasteiger partial charge in [0.05, 0.1) is 0 Å².